The SMILES string of the molecule is COc1ccc(CN2C[C@@H](CN)[C@H](c3ccccc3)C2)c(OC(F)F)c1. The summed E-state index contributed by atoms with van der Waals surface area (Å²) in [4.78, 5) is 2.25. The van der Waals surface area contributed by atoms with Crippen molar-refractivity contribution in [2.24, 2.45) is 11.7 Å². The monoisotopic (exact) mass is 362 g/mol. The van der Waals surface area contributed by atoms with E-state index in [1.54, 1.807) is 12.1 Å². The van der Waals surface area contributed by atoms with E-state index in [1.807, 2.05) is 18.2 Å². The number of likely N-dealkylation sites (tertiary alicyclic amines) is 1. The smallest absolute Gasteiger partial charge is 0.387 e. The van der Waals surface area contributed by atoms with Crippen molar-refractivity contribution in [3.05, 3.63) is 59.7 Å². The first-order valence-electron chi connectivity index (χ1n) is 8.69. The maximum absolute atomic E-state index is 12.8. The molecular weight excluding hydrogens is 338 g/mol. The Bertz CT molecular complexity index is 712. The Hall–Kier alpha value is -2.18. The summed E-state index contributed by atoms with van der Waals surface area (Å²) in [5.41, 5.74) is 7.97. The van der Waals surface area contributed by atoms with E-state index >= 15 is 0 Å². The fraction of sp³-hybridized carbons (Fsp3) is 0.400. The van der Waals surface area contributed by atoms with Gasteiger partial charge in [-0.05, 0) is 24.1 Å². The van der Waals surface area contributed by atoms with Crippen LogP contribution in [0.3, 0.4) is 0 Å². The average Bonchev–Trinajstić information content (AvgIpc) is 3.06. The highest BCUT2D eigenvalue weighted by atomic mass is 19.3. The van der Waals surface area contributed by atoms with E-state index in [1.165, 1.54) is 18.7 Å². The molecule has 0 unspecified atom stereocenters. The summed E-state index contributed by atoms with van der Waals surface area (Å²) in [6.07, 6.45) is 0. The molecule has 0 aliphatic carbocycles. The van der Waals surface area contributed by atoms with Crippen LogP contribution in [0.15, 0.2) is 48.5 Å². The van der Waals surface area contributed by atoms with Gasteiger partial charge in [-0.3, -0.25) is 4.90 Å². The minimum absolute atomic E-state index is 0.159. The van der Waals surface area contributed by atoms with Gasteiger partial charge in [-0.2, -0.15) is 8.78 Å². The van der Waals surface area contributed by atoms with Crippen LogP contribution < -0.4 is 15.2 Å². The predicted molar refractivity (Wildman–Crippen MR) is 96.6 cm³/mol. The lowest BCUT2D eigenvalue weighted by Gasteiger charge is -2.19. The molecule has 0 amide bonds. The Morgan fingerprint density at radius 3 is 2.58 bits per heavy atom. The van der Waals surface area contributed by atoms with Crippen molar-refractivity contribution in [3.8, 4) is 11.5 Å². The van der Waals surface area contributed by atoms with Crippen molar-refractivity contribution in [1.82, 2.24) is 4.90 Å². The van der Waals surface area contributed by atoms with Crippen LogP contribution in [-0.4, -0.2) is 38.3 Å². The van der Waals surface area contributed by atoms with Gasteiger partial charge in [0.15, 0.2) is 0 Å². The highest BCUT2D eigenvalue weighted by Crippen LogP contribution is 2.34. The number of methoxy groups -OCH3 is 1. The van der Waals surface area contributed by atoms with Crippen LogP contribution in [0.4, 0.5) is 8.78 Å². The van der Waals surface area contributed by atoms with Crippen LogP contribution in [0.5, 0.6) is 11.5 Å². The number of hydrogen-bond donors (Lipinski definition) is 1. The molecular formula is C20H24F2N2O2. The number of hydrogen-bond acceptors (Lipinski definition) is 4. The summed E-state index contributed by atoms with van der Waals surface area (Å²) in [6, 6.07) is 15.4. The molecule has 26 heavy (non-hydrogen) atoms. The van der Waals surface area contributed by atoms with E-state index in [0.717, 1.165) is 18.7 Å². The van der Waals surface area contributed by atoms with Gasteiger partial charge in [-0.25, -0.2) is 0 Å². The molecule has 1 heterocycles. The van der Waals surface area contributed by atoms with Crippen LogP contribution in [0, 0.1) is 5.92 Å². The van der Waals surface area contributed by atoms with Crippen molar-refractivity contribution < 1.29 is 18.3 Å². The van der Waals surface area contributed by atoms with Gasteiger partial charge in [0.05, 0.1) is 7.11 Å². The second-order valence-electron chi connectivity index (χ2n) is 6.56. The Balaban J connectivity index is 1.77. The molecule has 2 aromatic carbocycles. The summed E-state index contributed by atoms with van der Waals surface area (Å²) in [5.74, 6) is 1.34. The maximum atomic E-state index is 12.8. The number of halogens is 2. The van der Waals surface area contributed by atoms with Gasteiger partial charge in [0.2, 0.25) is 0 Å². The first-order chi connectivity index (χ1) is 12.6. The molecule has 2 N–H and O–H groups in total. The number of nitrogens with two attached hydrogens (primary N) is 1. The van der Waals surface area contributed by atoms with Crippen molar-refractivity contribution in [3.63, 3.8) is 0 Å². The van der Waals surface area contributed by atoms with Gasteiger partial charge in [-0.15, -0.1) is 0 Å². The van der Waals surface area contributed by atoms with E-state index in [-0.39, 0.29) is 5.75 Å². The van der Waals surface area contributed by atoms with Crippen LogP contribution in [0.2, 0.25) is 0 Å². The molecule has 1 aliphatic rings. The summed E-state index contributed by atoms with van der Waals surface area (Å²) < 4.78 is 35.3. The van der Waals surface area contributed by atoms with Gasteiger partial charge < -0.3 is 15.2 Å². The van der Waals surface area contributed by atoms with E-state index in [2.05, 4.69) is 17.0 Å². The number of ether oxygens (including phenoxy) is 2. The van der Waals surface area contributed by atoms with Crippen LogP contribution >= 0.6 is 0 Å². The molecule has 0 radical (unpaired) electrons. The van der Waals surface area contributed by atoms with Crippen LogP contribution in [-0.2, 0) is 6.54 Å². The second-order valence-corrected chi connectivity index (χ2v) is 6.56. The molecule has 3 rings (SSSR count). The fourth-order valence-corrected chi connectivity index (χ4v) is 3.65. The lowest BCUT2D eigenvalue weighted by molar-refractivity contribution is -0.0508. The summed E-state index contributed by atoms with van der Waals surface area (Å²) in [7, 11) is 1.50. The fourth-order valence-electron chi connectivity index (χ4n) is 3.65. The molecule has 0 spiro atoms. The maximum Gasteiger partial charge on any atom is 0.387 e. The van der Waals surface area contributed by atoms with E-state index in [9.17, 15) is 8.78 Å². The van der Waals surface area contributed by atoms with Gasteiger partial charge >= 0.3 is 6.61 Å². The molecule has 1 aliphatic heterocycles. The third-order valence-corrected chi connectivity index (χ3v) is 4.93. The van der Waals surface area contributed by atoms with Crippen molar-refractivity contribution >= 4 is 0 Å². The first kappa shape index (κ1) is 18.6. The first-order valence-corrected chi connectivity index (χ1v) is 8.69. The number of rotatable bonds is 7. The third-order valence-electron chi connectivity index (χ3n) is 4.93. The molecule has 4 nitrogen and oxygen atoms in total. The normalized spacial score (nSPS) is 20.5. The van der Waals surface area contributed by atoms with Gasteiger partial charge in [0.25, 0.3) is 0 Å². The van der Waals surface area contributed by atoms with Crippen molar-refractivity contribution in [1.29, 1.82) is 0 Å². The lowest BCUT2D eigenvalue weighted by Crippen LogP contribution is -2.23. The molecule has 0 aromatic heterocycles. The van der Waals surface area contributed by atoms with Crippen molar-refractivity contribution in [2.45, 2.75) is 19.1 Å². The van der Waals surface area contributed by atoms with E-state index in [4.69, 9.17) is 15.2 Å². The van der Waals surface area contributed by atoms with Gasteiger partial charge in [0.1, 0.15) is 11.5 Å². The Labute approximate surface area is 152 Å². The van der Waals surface area contributed by atoms with Crippen LogP contribution in [0.25, 0.3) is 0 Å². The molecule has 0 saturated carbocycles. The molecule has 6 heteroatoms. The molecule has 1 saturated heterocycles. The lowest BCUT2D eigenvalue weighted by atomic mass is 9.89. The minimum atomic E-state index is -2.87. The minimum Gasteiger partial charge on any atom is -0.497 e. The molecule has 140 valence electrons. The van der Waals surface area contributed by atoms with Gasteiger partial charge in [0, 0.05) is 37.2 Å². The zero-order valence-corrected chi connectivity index (χ0v) is 14.8. The Kier molecular flexibility index (Phi) is 6.06. The quantitative estimate of drug-likeness (QED) is 0.819. The van der Waals surface area contributed by atoms with Crippen molar-refractivity contribution in [2.75, 3.05) is 26.7 Å². The number of alkyl halides is 2. The zero-order chi connectivity index (χ0) is 18.5. The van der Waals surface area contributed by atoms with Gasteiger partial charge in [-0.1, -0.05) is 36.4 Å². The Morgan fingerprint density at radius 2 is 1.92 bits per heavy atom. The molecule has 0 bridgehead atoms. The highest BCUT2D eigenvalue weighted by molar-refractivity contribution is 5.41. The third kappa shape index (κ3) is 4.31. The Morgan fingerprint density at radius 1 is 1.15 bits per heavy atom. The largest absolute Gasteiger partial charge is 0.497 e. The van der Waals surface area contributed by atoms with E-state index < -0.39 is 6.61 Å². The topological polar surface area (TPSA) is 47.7 Å². The summed E-state index contributed by atoms with van der Waals surface area (Å²) >= 11 is 0. The highest BCUT2D eigenvalue weighted by Gasteiger charge is 2.33. The number of nitrogens with zero attached hydrogens (tertiary/aromatic N) is 1. The summed E-state index contributed by atoms with van der Waals surface area (Å²) in [5, 5.41) is 0. The average molecular weight is 362 g/mol. The zero-order valence-electron chi connectivity index (χ0n) is 14.8. The second kappa shape index (κ2) is 8.47. The molecule has 2 aromatic rings. The van der Waals surface area contributed by atoms with E-state index in [0.29, 0.717) is 30.7 Å². The van der Waals surface area contributed by atoms with Crippen LogP contribution in [0.1, 0.15) is 17.0 Å². The number of benzene rings is 2. The summed E-state index contributed by atoms with van der Waals surface area (Å²) in [6.45, 7) is -0.0685. The molecule has 2 atom stereocenters. The standard InChI is InChI=1S/C20H24F2N2O2/c1-25-17-8-7-15(19(9-17)26-20(21)22)11-24-12-16(10-23)18(13-24)14-5-3-2-4-6-14/h2-9,16,18,20H,10-13,23H2,1H3/t16-,18+/m1/s1. The predicted octanol–water partition coefficient (Wildman–Crippen LogP) is 3.47. The molecule has 1 fully saturated rings.